The molecule has 1 aromatic rings. The minimum atomic E-state index is -1.03. The van der Waals surface area contributed by atoms with Crippen molar-refractivity contribution in [1.82, 2.24) is 0 Å². The molecule has 1 heterocycles. The fraction of sp³-hybridized carbons (Fsp3) is 0.619. The number of carbonyl (C=O) groups excluding carboxylic acids is 1. The molecule has 0 N–H and O–H groups in total. The number of methoxy groups -OCH3 is 1. The van der Waals surface area contributed by atoms with Gasteiger partial charge in [0.25, 0.3) is 6.04 Å². The summed E-state index contributed by atoms with van der Waals surface area (Å²) in [6.07, 6.45) is 3.56. The van der Waals surface area contributed by atoms with E-state index >= 15 is 0 Å². The first-order valence-electron chi connectivity index (χ1n) is 9.45. The maximum Gasteiger partial charge on any atom is 0.376 e. The summed E-state index contributed by atoms with van der Waals surface area (Å²) in [6.45, 7) is 7.93. The Morgan fingerprint density at radius 1 is 1.22 bits per heavy atom. The Morgan fingerprint density at radius 2 is 1.81 bits per heavy atom. The largest absolute Gasteiger partial charge is 0.623 e. The van der Waals surface area contributed by atoms with Crippen molar-refractivity contribution in [3.63, 3.8) is 0 Å². The van der Waals surface area contributed by atoms with E-state index < -0.39 is 34.9 Å². The number of hydroxylamine groups is 1. The smallest absolute Gasteiger partial charge is 0.376 e. The van der Waals surface area contributed by atoms with Gasteiger partial charge in [0.1, 0.15) is 0 Å². The predicted octanol–water partition coefficient (Wildman–Crippen LogP) is 3.26. The summed E-state index contributed by atoms with van der Waals surface area (Å²) in [4.78, 5) is 12.6. The van der Waals surface area contributed by atoms with Crippen LogP contribution in [0.15, 0.2) is 30.3 Å². The molecule has 6 heteroatoms. The van der Waals surface area contributed by atoms with Gasteiger partial charge in [-0.3, -0.25) is 0 Å². The Kier molecular flexibility index (Phi) is 5.08. The van der Waals surface area contributed by atoms with Crippen molar-refractivity contribution in [2.24, 2.45) is 5.92 Å². The molecular weight excluding hydrogens is 346 g/mol. The van der Waals surface area contributed by atoms with Crippen LogP contribution in [-0.4, -0.2) is 47.1 Å². The molecule has 2 aliphatic rings. The maximum absolute atomic E-state index is 13.0. The second-order valence-corrected chi connectivity index (χ2v) is 8.40. The highest BCUT2D eigenvalue weighted by molar-refractivity contribution is 5.79. The third-order valence-electron chi connectivity index (χ3n) is 6.08. The summed E-state index contributed by atoms with van der Waals surface area (Å²) in [7, 11) is 1.30. The molecular formula is C21H29NO5. The molecule has 1 saturated heterocycles. The minimum absolute atomic E-state index is 0.413. The maximum atomic E-state index is 13.0. The monoisotopic (exact) mass is 375 g/mol. The van der Waals surface area contributed by atoms with E-state index in [-0.39, 0.29) is 0 Å². The number of hydrogen-bond acceptors (Lipinski definition) is 5. The number of carbonyl (C=O) groups is 1. The van der Waals surface area contributed by atoms with Gasteiger partial charge in [-0.25, -0.2) is 4.79 Å². The molecule has 2 fully saturated rings. The average Bonchev–Trinajstić information content (AvgIpc) is 3.04. The quantitative estimate of drug-likeness (QED) is 0.266. The van der Waals surface area contributed by atoms with Crippen molar-refractivity contribution < 1.29 is 23.7 Å². The van der Waals surface area contributed by atoms with Gasteiger partial charge in [-0.15, -0.1) is 0 Å². The molecule has 0 aromatic heterocycles. The molecule has 0 radical (unpaired) electrons. The van der Waals surface area contributed by atoms with Crippen molar-refractivity contribution >= 4 is 12.2 Å². The minimum Gasteiger partial charge on any atom is -0.623 e. The molecule has 6 nitrogen and oxygen atoms in total. The van der Waals surface area contributed by atoms with E-state index in [0.717, 1.165) is 12.0 Å². The van der Waals surface area contributed by atoms with Crippen LogP contribution >= 0.6 is 0 Å². The Hall–Kier alpha value is -1.92. The second-order valence-electron chi connectivity index (χ2n) is 8.40. The van der Waals surface area contributed by atoms with Crippen LogP contribution in [0.3, 0.4) is 0 Å². The van der Waals surface area contributed by atoms with Crippen LogP contribution in [0.25, 0.3) is 0 Å². The van der Waals surface area contributed by atoms with Crippen LogP contribution in [0.2, 0.25) is 0 Å². The summed E-state index contributed by atoms with van der Waals surface area (Å²) in [5.41, 5.74) is -0.345. The van der Waals surface area contributed by atoms with E-state index in [9.17, 15) is 10.0 Å². The fourth-order valence-electron chi connectivity index (χ4n) is 4.09. The number of rotatable bonds is 4. The van der Waals surface area contributed by atoms with Crippen LogP contribution in [-0.2, 0) is 19.0 Å². The lowest BCUT2D eigenvalue weighted by Gasteiger charge is -2.33. The van der Waals surface area contributed by atoms with Crippen LogP contribution < -0.4 is 0 Å². The molecule has 27 heavy (non-hydrogen) atoms. The first-order valence-corrected chi connectivity index (χ1v) is 9.45. The van der Waals surface area contributed by atoms with Crippen LogP contribution in [0, 0.1) is 11.1 Å². The second kappa shape index (κ2) is 6.91. The van der Waals surface area contributed by atoms with Crippen LogP contribution in [0.5, 0.6) is 0 Å². The lowest BCUT2D eigenvalue weighted by atomic mass is 9.90. The van der Waals surface area contributed by atoms with Gasteiger partial charge >= 0.3 is 5.97 Å². The normalized spacial score (nSPS) is 26.9. The molecule has 0 amide bonds. The fourth-order valence-corrected chi connectivity index (χ4v) is 4.09. The molecule has 0 bridgehead atoms. The molecule has 2 atom stereocenters. The summed E-state index contributed by atoms with van der Waals surface area (Å²) in [5, 5.41) is 13.0. The van der Waals surface area contributed by atoms with Gasteiger partial charge < -0.3 is 19.4 Å². The molecule has 1 aliphatic heterocycles. The van der Waals surface area contributed by atoms with E-state index in [1.165, 1.54) is 13.3 Å². The topological polar surface area (TPSA) is 70.8 Å². The van der Waals surface area contributed by atoms with E-state index in [0.29, 0.717) is 17.6 Å². The van der Waals surface area contributed by atoms with E-state index in [1.807, 2.05) is 58.0 Å². The Labute approximate surface area is 160 Å². The summed E-state index contributed by atoms with van der Waals surface area (Å²) < 4.78 is 18.5. The Balaban J connectivity index is 1.98. The molecule has 1 aromatic carbocycles. The van der Waals surface area contributed by atoms with Gasteiger partial charge in [-0.05, 0) is 52.7 Å². The highest BCUT2D eigenvalue weighted by atomic mass is 16.8. The van der Waals surface area contributed by atoms with Crippen molar-refractivity contribution in [2.45, 2.75) is 70.0 Å². The number of esters is 1. The van der Waals surface area contributed by atoms with Crippen molar-refractivity contribution in [2.75, 3.05) is 7.11 Å². The van der Waals surface area contributed by atoms with Gasteiger partial charge in [0.05, 0.1) is 24.2 Å². The third kappa shape index (κ3) is 3.48. The first kappa shape index (κ1) is 19.8. The van der Waals surface area contributed by atoms with Crippen molar-refractivity contribution in [3.8, 4) is 0 Å². The SMILES string of the molecule is COC(=O)[C@H](C1CCCC12OC(C)(C)C(C)(C)O2)/[N+]([O-])=C/c1ccccc1. The van der Waals surface area contributed by atoms with Crippen molar-refractivity contribution in [1.29, 1.82) is 0 Å². The predicted molar refractivity (Wildman–Crippen MR) is 101 cm³/mol. The van der Waals surface area contributed by atoms with Crippen molar-refractivity contribution in [3.05, 3.63) is 41.1 Å². The summed E-state index contributed by atoms with van der Waals surface area (Å²) in [5.74, 6) is -1.94. The molecule has 3 rings (SSSR count). The van der Waals surface area contributed by atoms with Crippen LogP contribution in [0.4, 0.5) is 0 Å². The highest BCUT2D eigenvalue weighted by Gasteiger charge is 2.65. The Bertz CT molecular complexity index is 709. The lowest BCUT2D eigenvalue weighted by Crippen LogP contribution is -2.50. The van der Waals surface area contributed by atoms with E-state index in [2.05, 4.69) is 0 Å². The number of ether oxygens (including phenoxy) is 3. The van der Waals surface area contributed by atoms with E-state index in [1.54, 1.807) is 0 Å². The molecule has 1 spiro atoms. The summed E-state index contributed by atoms with van der Waals surface area (Å²) in [6, 6.07) is 8.18. The van der Waals surface area contributed by atoms with Gasteiger partial charge in [-0.1, -0.05) is 18.2 Å². The zero-order valence-corrected chi connectivity index (χ0v) is 16.7. The van der Waals surface area contributed by atoms with Gasteiger partial charge in [0.2, 0.25) is 0 Å². The molecule has 148 valence electrons. The number of benzene rings is 1. The molecule has 1 aliphatic carbocycles. The van der Waals surface area contributed by atoms with Gasteiger partial charge in [0.15, 0.2) is 12.0 Å². The van der Waals surface area contributed by atoms with Crippen LogP contribution in [0.1, 0.15) is 52.5 Å². The molecule has 1 unspecified atom stereocenters. The Morgan fingerprint density at radius 3 is 2.37 bits per heavy atom. The molecule has 1 saturated carbocycles. The first-order chi connectivity index (χ1) is 12.6. The zero-order valence-electron chi connectivity index (χ0n) is 16.7. The lowest BCUT2D eigenvalue weighted by molar-refractivity contribution is -0.504. The summed E-state index contributed by atoms with van der Waals surface area (Å²) >= 11 is 0. The zero-order chi connectivity index (χ0) is 19.9. The highest BCUT2D eigenvalue weighted by Crippen LogP contribution is 2.54. The third-order valence-corrected chi connectivity index (χ3v) is 6.08. The standard InChI is InChI=1S/C21H29NO5/c1-19(2)20(3,4)27-21(26-19)13-9-12-16(21)17(18(23)25-5)22(24)14-15-10-7-6-8-11-15/h6-8,10-11,14,16-17H,9,12-13H2,1-5H3/b22-14-/t16?,17-/m0/s1. The average molecular weight is 375 g/mol. The number of nitrogens with zero attached hydrogens (tertiary/aromatic N) is 1. The van der Waals surface area contributed by atoms with Gasteiger partial charge in [0, 0.05) is 12.0 Å². The van der Waals surface area contributed by atoms with E-state index in [4.69, 9.17) is 14.2 Å². The number of hydrogen-bond donors (Lipinski definition) is 0. The van der Waals surface area contributed by atoms with Gasteiger partial charge in [-0.2, -0.15) is 4.74 Å².